The number of urea groups is 1. The summed E-state index contributed by atoms with van der Waals surface area (Å²) in [6.07, 6.45) is 8.24. The standard InChI is InChI=1S/C24H27FN6O2/c1-33-23-28-14-18(15-29-23)16-6-11-22(27-12-16)31(20-9-7-19(26)8-10-20)24(32)30-13-17-4-2-3-5-21(17)25/h2-6,11-12,14-15,19-20H,7-10,13,26H2,1H3,(H,30,32). The summed E-state index contributed by atoms with van der Waals surface area (Å²) in [5.74, 6) is 0.178. The molecule has 8 nitrogen and oxygen atoms in total. The average molecular weight is 451 g/mol. The number of anilines is 1. The number of ether oxygens (including phenoxy) is 1. The number of hydrogen-bond donors (Lipinski definition) is 2. The molecular weight excluding hydrogens is 423 g/mol. The van der Waals surface area contributed by atoms with E-state index in [-0.39, 0.29) is 36.5 Å². The molecule has 1 aliphatic rings. The first-order valence-corrected chi connectivity index (χ1v) is 10.9. The van der Waals surface area contributed by atoms with E-state index in [9.17, 15) is 9.18 Å². The quantitative estimate of drug-likeness (QED) is 0.594. The van der Waals surface area contributed by atoms with Gasteiger partial charge in [-0.15, -0.1) is 0 Å². The first-order valence-electron chi connectivity index (χ1n) is 10.9. The van der Waals surface area contributed by atoms with E-state index in [1.165, 1.54) is 13.2 Å². The number of amides is 2. The van der Waals surface area contributed by atoms with E-state index >= 15 is 0 Å². The molecule has 9 heteroatoms. The lowest BCUT2D eigenvalue weighted by Crippen LogP contribution is -2.49. The van der Waals surface area contributed by atoms with Crippen LogP contribution in [0, 0.1) is 5.82 Å². The third kappa shape index (κ3) is 5.43. The predicted molar refractivity (Wildman–Crippen MR) is 123 cm³/mol. The topological polar surface area (TPSA) is 106 Å². The smallest absolute Gasteiger partial charge is 0.323 e. The van der Waals surface area contributed by atoms with Gasteiger partial charge in [0, 0.05) is 53.9 Å². The molecule has 2 aromatic heterocycles. The molecule has 3 aromatic rings. The summed E-state index contributed by atoms with van der Waals surface area (Å²) in [6, 6.07) is 10.2. The number of benzene rings is 1. The van der Waals surface area contributed by atoms with Crippen LogP contribution in [0.25, 0.3) is 11.1 Å². The van der Waals surface area contributed by atoms with Gasteiger partial charge in [0.25, 0.3) is 0 Å². The second kappa shape index (κ2) is 10.4. The number of halogens is 1. The summed E-state index contributed by atoms with van der Waals surface area (Å²) in [4.78, 5) is 27.7. The van der Waals surface area contributed by atoms with Crippen LogP contribution in [0.4, 0.5) is 15.0 Å². The fourth-order valence-electron chi connectivity index (χ4n) is 3.98. The number of pyridine rings is 1. The molecule has 0 aliphatic heterocycles. The maximum absolute atomic E-state index is 14.0. The highest BCUT2D eigenvalue weighted by Crippen LogP contribution is 2.28. The van der Waals surface area contributed by atoms with Crippen molar-refractivity contribution in [1.29, 1.82) is 0 Å². The molecule has 1 aromatic carbocycles. The molecule has 2 heterocycles. The largest absolute Gasteiger partial charge is 0.467 e. The van der Waals surface area contributed by atoms with Gasteiger partial charge in [-0.2, -0.15) is 0 Å². The Bertz CT molecular complexity index is 1070. The van der Waals surface area contributed by atoms with Crippen LogP contribution < -0.4 is 20.7 Å². The summed E-state index contributed by atoms with van der Waals surface area (Å²) in [6.45, 7) is 0.0928. The SMILES string of the molecule is COc1ncc(-c2ccc(N(C(=O)NCc3ccccc3F)C3CCC(N)CC3)nc2)cn1. The highest BCUT2D eigenvalue weighted by molar-refractivity contribution is 5.91. The molecule has 2 amide bonds. The normalized spacial score (nSPS) is 17.9. The first kappa shape index (κ1) is 22.6. The summed E-state index contributed by atoms with van der Waals surface area (Å²) in [7, 11) is 1.51. The van der Waals surface area contributed by atoms with Crippen molar-refractivity contribution in [3.05, 3.63) is 66.4 Å². The number of methoxy groups -OCH3 is 1. The Balaban J connectivity index is 1.54. The predicted octanol–water partition coefficient (Wildman–Crippen LogP) is 3.67. The molecular formula is C24H27FN6O2. The van der Waals surface area contributed by atoms with Crippen LogP contribution >= 0.6 is 0 Å². The summed E-state index contributed by atoms with van der Waals surface area (Å²) < 4.78 is 19.0. The number of nitrogens with two attached hydrogens (primary N) is 1. The van der Waals surface area contributed by atoms with Crippen molar-refractivity contribution in [2.24, 2.45) is 5.73 Å². The van der Waals surface area contributed by atoms with Gasteiger partial charge in [0.15, 0.2) is 0 Å². The minimum Gasteiger partial charge on any atom is -0.467 e. The lowest BCUT2D eigenvalue weighted by molar-refractivity contribution is 0.239. The van der Waals surface area contributed by atoms with Crippen molar-refractivity contribution in [1.82, 2.24) is 20.3 Å². The van der Waals surface area contributed by atoms with Crippen molar-refractivity contribution < 1.29 is 13.9 Å². The van der Waals surface area contributed by atoms with Gasteiger partial charge >= 0.3 is 12.0 Å². The van der Waals surface area contributed by atoms with E-state index in [0.29, 0.717) is 11.4 Å². The van der Waals surface area contributed by atoms with Gasteiger partial charge in [0.05, 0.1) is 7.11 Å². The minimum absolute atomic E-state index is 0.0342. The van der Waals surface area contributed by atoms with Crippen LogP contribution in [0.15, 0.2) is 55.0 Å². The van der Waals surface area contributed by atoms with E-state index in [0.717, 1.165) is 36.8 Å². The van der Waals surface area contributed by atoms with Crippen LogP contribution in [-0.4, -0.2) is 40.2 Å². The third-order valence-electron chi connectivity index (χ3n) is 5.85. The molecule has 33 heavy (non-hydrogen) atoms. The highest BCUT2D eigenvalue weighted by Gasteiger charge is 2.30. The minimum atomic E-state index is -0.350. The molecule has 0 radical (unpaired) electrons. The number of carbonyl (C=O) groups is 1. The second-order valence-corrected chi connectivity index (χ2v) is 8.05. The molecule has 0 saturated heterocycles. The Kier molecular flexibility index (Phi) is 7.09. The van der Waals surface area contributed by atoms with Crippen molar-refractivity contribution >= 4 is 11.8 Å². The molecule has 3 N–H and O–H groups in total. The fraction of sp³-hybridized carbons (Fsp3) is 0.333. The molecule has 1 saturated carbocycles. The molecule has 0 unspecified atom stereocenters. The van der Waals surface area contributed by atoms with Crippen molar-refractivity contribution in [3.63, 3.8) is 0 Å². The zero-order chi connectivity index (χ0) is 23.2. The van der Waals surface area contributed by atoms with Gasteiger partial charge in [-0.3, -0.25) is 4.90 Å². The van der Waals surface area contributed by atoms with Crippen molar-refractivity contribution in [3.8, 4) is 17.1 Å². The lowest BCUT2D eigenvalue weighted by atomic mass is 9.91. The Hall–Kier alpha value is -3.59. The number of carbonyl (C=O) groups excluding carboxylic acids is 1. The monoisotopic (exact) mass is 450 g/mol. The zero-order valence-corrected chi connectivity index (χ0v) is 18.4. The van der Waals surface area contributed by atoms with Crippen molar-refractivity contribution in [2.75, 3.05) is 12.0 Å². The first-order chi connectivity index (χ1) is 16.0. The van der Waals surface area contributed by atoms with Gasteiger partial charge in [-0.05, 0) is 43.9 Å². The maximum Gasteiger partial charge on any atom is 0.323 e. The Morgan fingerprint density at radius 3 is 2.39 bits per heavy atom. The van der Waals surface area contributed by atoms with Crippen LogP contribution in [0.5, 0.6) is 6.01 Å². The van der Waals surface area contributed by atoms with E-state index in [2.05, 4.69) is 20.3 Å². The summed E-state index contributed by atoms with van der Waals surface area (Å²) in [5.41, 5.74) is 8.11. The number of rotatable bonds is 6. The number of nitrogens with one attached hydrogen (secondary N) is 1. The van der Waals surface area contributed by atoms with E-state index in [1.807, 2.05) is 6.07 Å². The van der Waals surface area contributed by atoms with Gasteiger partial charge in [0.1, 0.15) is 11.6 Å². The molecule has 0 atom stereocenters. The van der Waals surface area contributed by atoms with E-state index in [1.54, 1.807) is 47.8 Å². The van der Waals surface area contributed by atoms with Crippen LogP contribution in [-0.2, 0) is 6.54 Å². The Labute approximate surface area is 192 Å². The van der Waals surface area contributed by atoms with Crippen LogP contribution in [0.3, 0.4) is 0 Å². The maximum atomic E-state index is 14.0. The molecule has 1 fully saturated rings. The Morgan fingerprint density at radius 2 is 1.76 bits per heavy atom. The van der Waals surface area contributed by atoms with Gasteiger partial charge < -0.3 is 15.8 Å². The summed E-state index contributed by atoms with van der Waals surface area (Å²) in [5, 5.41) is 2.85. The second-order valence-electron chi connectivity index (χ2n) is 8.05. The lowest BCUT2D eigenvalue weighted by Gasteiger charge is -2.35. The van der Waals surface area contributed by atoms with Crippen LogP contribution in [0.1, 0.15) is 31.2 Å². The summed E-state index contributed by atoms with van der Waals surface area (Å²) >= 11 is 0. The number of aromatic nitrogens is 3. The van der Waals surface area contributed by atoms with Crippen LogP contribution in [0.2, 0.25) is 0 Å². The Morgan fingerprint density at radius 1 is 1.06 bits per heavy atom. The number of nitrogens with zero attached hydrogens (tertiary/aromatic N) is 4. The number of hydrogen-bond acceptors (Lipinski definition) is 6. The molecule has 0 bridgehead atoms. The van der Waals surface area contributed by atoms with Gasteiger partial charge in [0.2, 0.25) is 0 Å². The average Bonchev–Trinajstić information content (AvgIpc) is 2.85. The van der Waals surface area contributed by atoms with Gasteiger partial charge in [-0.25, -0.2) is 24.1 Å². The van der Waals surface area contributed by atoms with E-state index < -0.39 is 0 Å². The van der Waals surface area contributed by atoms with E-state index in [4.69, 9.17) is 10.5 Å². The molecule has 0 spiro atoms. The van der Waals surface area contributed by atoms with Crippen molar-refractivity contribution in [2.45, 2.75) is 44.3 Å². The molecule has 4 rings (SSSR count). The molecule has 1 aliphatic carbocycles. The highest BCUT2D eigenvalue weighted by atomic mass is 19.1. The molecule has 172 valence electrons. The fourth-order valence-corrected chi connectivity index (χ4v) is 3.98. The zero-order valence-electron chi connectivity index (χ0n) is 18.4. The third-order valence-corrected chi connectivity index (χ3v) is 5.85. The van der Waals surface area contributed by atoms with Gasteiger partial charge in [-0.1, -0.05) is 18.2 Å².